The summed E-state index contributed by atoms with van der Waals surface area (Å²) in [5.41, 5.74) is 1.18. The van der Waals surface area contributed by atoms with Gasteiger partial charge in [-0.1, -0.05) is 40.5 Å². The Morgan fingerprint density at radius 2 is 1.78 bits per heavy atom. The van der Waals surface area contributed by atoms with Crippen molar-refractivity contribution in [3.63, 3.8) is 0 Å². The number of rotatable bonds is 6. The SMILES string of the molecule is c1ccc(CNc2nnc(NCC3CC3)o2)cc1. The average Bonchev–Trinajstić information content (AvgIpc) is 3.14. The van der Waals surface area contributed by atoms with Crippen molar-refractivity contribution in [3.8, 4) is 0 Å². The highest BCUT2D eigenvalue weighted by Gasteiger charge is 2.21. The van der Waals surface area contributed by atoms with Gasteiger partial charge in [-0.2, -0.15) is 0 Å². The molecular weight excluding hydrogens is 228 g/mol. The smallest absolute Gasteiger partial charge is 0.317 e. The first-order valence-corrected chi connectivity index (χ1v) is 6.25. The Labute approximate surface area is 106 Å². The van der Waals surface area contributed by atoms with Gasteiger partial charge in [0.05, 0.1) is 0 Å². The summed E-state index contributed by atoms with van der Waals surface area (Å²) < 4.78 is 5.44. The third-order valence-corrected chi connectivity index (χ3v) is 2.95. The molecule has 1 aromatic heterocycles. The number of hydrogen-bond acceptors (Lipinski definition) is 5. The van der Waals surface area contributed by atoms with Gasteiger partial charge in [-0.15, -0.1) is 0 Å². The number of benzene rings is 1. The zero-order valence-corrected chi connectivity index (χ0v) is 10.1. The molecule has 1 aliphatic rings. The Kier molecular flexibility index (Phi) is 3.12. The summed E-state index contributed by atoms with van der Waals surface area (Å²) in [5.74, 6) is 0.789. The molecule has 0 atom stereocenters. The molecule has 2 aromatic rings. The van der Waals surface area contributed by atoms with E-state index in [0.29, 0.717) is 18.6 Å². The molecule has 3 rings (SSSR count). The maximum absolute atomic E-state index is 5.44. The zero-order valence-electron chi connectivity index (χ0n) is 10.1. The molecule has 18 heavy (non-hydrogen) atoms. The summed E-state index contributed by atoms with van der Waals surface area (Å²) in [7, 11) is 0. The van der Waals surface area contributed by atoms with Gasteiger partial charge in [0.25, 0.3) is 0 Å². The molecule has 2 N–H and O–H groups in total. The first-order valence-electron chi connectivity index (χ1n) is 6.25. The molecule has 5 heteroatoms. The molecule has 0 unspecified atom stereocenters. The van der Waals surface area contributed by atoms with E-state index in [1.54, 1.807) is 0 Å². The van der Waals surface area contributed by atoms with Crippen LogP contribution in [0, 0.1) is 5.92 Å². The zero-order chi connectivity index (χ0) is 12.2. The van der Waals surface area contributed by atoms with Crippen molar-refractivity contribution in [2.45, 2.75) is 19.4 Å². The first kappa shape index (κ1) is 11.1. The van der Waals surface area contributed by atoms with Gasteiger partial charge in [0.2, 0.25) is 0 Å². The molecule has 1 aliphatic carbocycles. The monoisotopic (exact) mass is 244 g/mol. The van der Waals surface area contributed by atoms with Crippen LogP contribution in [0.2, 0.25) is 0 Å². The Hall–Kier alpha value is -2.04. The minimum Gasteiger partial charge on any atom is -0.390 e. The quantitative estimate of drug-likeness (QED) is 0.817. The molecular formula is C13H16N4O. The highest BCUT2D eigenvalue weighted by molar-refractivity contribution is 5.28. The van der Waals surface area contributed by atoms with Crippen LogP contribution in [0.1, 0.15) is 18.4 Å². The molecule has 0 aliphatic heterocycles. The molecule has 0 bridgehead atoms. The van der Waals surface area contributed by atoms with Crippen LogP contribution >= 0.6 is 0 Å². The van der Waals surface area contributed by atoms with Crippen LogP contribution < -0.4 is 10.6 Å². The summed E-state index contributed by atoms with van der Waals surface area (Å²) in [5, 5.41) is 14.1. The molecule has 1 heterocycles. The van der Waals surface area contributed by atoms with Gasteiger partial charge in [-0.25, -0.2) is 0 Å². The van der Waals surface area contributed by atoms with Gasteiger partial charge < -0.3 is 15.1 Å². The highest BCUT2D eigenvalue weighted by atomic mass is 16.4. The van der Waals surface area contributed by atoms with E-state index >= 15 is 0 Å². The van der Waals surface area contributed by atoms with Gasteiger partial charge in [-0.05, 0) is 24.3 Å². The van der Waals surface area contributed by atoms with E-state index in [4.69, 9.17) is 4.42 Å². The van der Waals surface area contributed by atoms with Crippen LogP contribution in [-0.4, -0.2) is 16.7 Å². The molecule has 0 amide bonds. The normalized spacial score (nSPS) is 14.4. The number of anilines is 2. The van der Waals surface area contributed by atoms with E-state index < -0.39 is 0 Å². The van der Waals surface area contributed by atoms with Crippen LogP contribution in [0.4, 0.5) is 12.0 Å². The maximum atomic E-state index is 5.44. The van der Waals surface area contributed by atoms with Crippen molar-refractivity contribution in [1.82, 2.24) is 10.2 Å². The molecule has 1 fully saturated rings. The molecule has 0 spiro atoms. The second kappa shape index (κ2) is 5.08. The van der Waals surface area contributed by atoms with Crippen molar-refractivity contribution in [1.29, 1.82) is 0 Å². The van der Waals surface area contributed by atoms with Crippen LogP contribution in [-0.2, 0) is 6.54 Å². The molecule has 1 saturated carbocycles. The lowest BCUT2D eigenvalue weighted by Crippen LogP contribution is -2.02. The van der Waals surface area contributed by atoms with Crippen LogP contribution in [0.5, 0.6) is 0 Å². The Balaban J connectivity index is 1.50. The van der Waals surface area contributed by atoms with Crippen molar-refractivity contribution in [2.75, 3.05) is 17.2 Å². The van der Waals surface area contributed by atoms with Gasteiger partial charge >= 0.3 is 12.0 Å². The summed E-state index contributed by atoms with van der Waals surface area (Å²) in [6.07, 6.45) is 2.61. The predicted octanol–water partition coefficient (Wildman–Crippen LogP) is 2.50. The third kappa shape index (κ3) is 3.00. The van der Waals surface area contributed by atoms with Crippen molar-refractivity contribution in [2.24, 2.45) is 5.92 Å². The number of nitrogens with one attached hydrogen (secondary N) is 2. The van der Waals surface area contributed by atoms with Crippen molar-refractivity contribution >= 4 is 12.0 Å². The number of nitrogens with zero attached hydrogens (tertiary/aromatic N) is 2. The minimum absolute atomic E-state index is 0.456. The second-order valence-electron chi connectivity index (χ2n) is 4.58. The molecule has 1 aromatic carbocycles. The second-order valence-corrected chi connectivity index (χ2v) is 4.58. The lowest BCUT2D eigenvalue weighted by atomic mass is 10.2. The fraction of sp³-hybridized carbons (Fsp3) is 0.385. The topological polar surface area (TPSA) is 63.0 Å². The number of aromatic nitrogens is 2. The van der Waals surface area contributed by atoms with E-state index in [1.165, 1.54) is 18.4 Å². The first-order chi connectivity index (χ1) is 8.90. The van der Waals surface area contributed by atoms with Crippen LogP contribution in [0.15, 0.2) is 34.7 Å². The Bertz CT molecular complexity index is 493. The third-order valence-electron chi connectivity index (χ3n) is 2.95. The molecule has 0 radical (unpaired) electrons. The summed E-state index contributed by atoms with van der Waals surface area (Å²) in [4.78, 5) is 0. The van der Waals surface area contributed by atoms with E-state index in [1.807, 2.05) is 18.2 Å². The summed E-state index contributed by atoms with van der Waals surface area (Å²) in [6.45, 7) is 1.62. The molecule has 94 valence electrons. The maximum Gasteiger partial charge on any atom is 0.317 e. The largest absolute Gasteiger partial charge is 0.390 e. The minimum atomic E-state index is 0.456. The van der Waals surface area contributed by atoms with Gasteiger partial charge in [-0.3, -0.25) is 0 Å². The van der Waals surface area contributed by atoms with E-state index in [2.05, 4.69) is 33.0 Å². The lowest BCUT2D eigenvalue weighted by molar-refractivity contribution is 0.575. The van der Waals surface area contributed by atoms with E-state index in [9.17, 15) is 0 Å². The van der Waals surface area contributed by atoms with E-state index in [0.717, 1.165) is 12.5 Å². The molecule has 5 nitrogen and oxygen atoms in total. The number of hydrogen-bond donors (Lipinski definition) is 2. The Morgan fingerprint density at radius 1 is 1.06 bits per heavy atom. The van der Waals surface area contributed by atoms with Crippen molar-refractivity contribution < 1.29 is 4.42 Å². The van der Waals surface area contributed by atoms with Crippen LogP contribution in [0.25, 0.3) is 0 Å². The average molecular weight is 244 g/mol. The van der Waals surface area contributed by atoms with Gasteiger partial charge in [0.1, 0.15) is 0 Å². The fourth-order valence-electron chi connectivity index (χ4n) is 1.69. The van der Waals surface area contributed by atoms with Crippen molar-refractivity contribution in [3.05, 3.63) is 35.9 Å². The van der Waals surface area contributed by atoms with Crippen LogP contribution in [0.3, 0.4) is 0 Å². The highest BCUT2D eigenvalue weighted by Crippen LogP contribution is 2.28. The molecule has 0 saturated heterocycles. The Morgan fingerprint density at radius 3 is 2.50 bits per heavy atom. The fourth-order valence-corrected chi connectivity index (χ4v) is 1.69. The summed E-state index contributed by atoms with van der Waals surface area (Å²) in [6, 6.07) is 11.1. The summed E-state index contributed by atoms with van der Waals surface area (Å²) >= 11 is 0. The predicted molar refractivity (Wildman–Crippen MR) is 69.3 cm³/mol. The lowest BCUT2D eigenvalue weighted by Gasteiger charge is -2.00. The van der Waals surface area contributed by atoms with Gasteiger partial charge in [0, 0.05) is 13.1 Å². The standard InChI is InChI=1S/C13H16N4O/c1-2-4-10(5-3-1)8-14-12-16-17-13(18-12)15-9-11-6-7-11/h1-5,11H,6-9H2,(H,14,16)(H,15,17). The van der Waals surface area contributed by atoms with E-state index in [-0.39, 0.29) is 0 Å². The van der Waals surface area contributed by atoms with Gasteiger partial charge in [0.15, 0.2) is 0 Å².